The molecule has 4 nitrogen and oxygen atoms in total. The van der Waals surface area contributed by atoms with Gasteiger partial charge in [0, 0.05) is 19.1 Å². The van der Waals surface area contributed by atoms with Gasteiger partial charge in [-0.3, -0.25) is 4.31 Å². The average Bonchev–Trinajstić information content (AvgIpc) is 2.36. The summed E-state index contributed by atoms with van der Waals surface area (Å²) >= 11 is 0. The fourth-order valence-electron chi connectivity index (χ4n) is 1.86. The van der Waals surface area contributed by atoms with Gasteiger partial charge < -0.3 is 5.32 Å². The fourth-order valence-corrected chi connectivity index (χ4v) is 3.37. The average molecular weight is 302 g/mol. The molecule has 0 aromatic heterocycles. The van der Waals surface area contributed by atoms with Gasteiger partial charge in [0.15, 0.2) is 0 Å². The Kier molecular flexibility index (Phi) is 5.95. The molecular formula is C14H23FN2O2S. The van der Waals surface area contributed by atoms with Crippen molar-refractivity contribution in [2.75, 3.05) is 17.4 Å². The van der Waals surface area contributed by atoms with Gasteiger partial charge in [-0.1, -0.05) is 19.9 Å². The molecule has 0 bridgehead atoms. The number of rotatable bonds is 7. The fraction of sp³-hybridized carbons (Fsp3) is 0.571. The Labute approximate surface area is 121 Å². The minimum absolute atomic E-state index is 0.219. The molecule has 0 spiro atoms. The Balaban J connectivity index is 2.98. The molecular weight excluding hydrogens is 279 g/mol. The number of nitrogens with zero attached hydrogens (tertiary/aromatic N) is 1. The van der Waals surface area contributed by atoms with E-state index in [-0.39, 0.29) is 12.6 Å². The Bertz CT molecular complexity index is 532. The number of nitrogens with one attached hydrogen (secondary N) is 1. The van der Waals surface area contributed by atoms with Crippen LogP contribution in [0.3, 0.4) is 0 Å². The number of benzene rings is 1. The van der Waals surface area contributed by atoms with Crippen LogP contribution in [0.5, 0.6) is 0 Å². The SMILES string of the molecule is CCN(c1cccc(F)c1)S(=O)(=O)C(C)CNC(C)C. The first-order valence-electron chi connectivity index (χ1n) is 6.79. The highest BCUT2D eigenvalue weighted by atomic mass is 32.2. The summed E-state index contributed by atoms with van der Waals surface area (Å²) in [6, 6.07) is 5.88. The maximum Gasteiger partial charge on any atom is 0.239 e. The van der Waals surface area contributed by atoms with E-state index in [0.29, 0.717) is 12.2 Å². The van der Waals surface area contributed by atoms with Crippen LogP contribution in [-0.4, -0.2) is 32.8 Å². The van der Waals surface area contributed by atoms with Crippen molar-refractivity contribution in [2.45, 2.75) is 39.0 Å². The van der Waals surface area contributed by atoms with Gasteiger partial charge in [0.25, 0.3) is 0 Å². The van der Waals surface area contributed by atoms with Crippen LogP contribution in [0.25, 0.3) is 0 Å². The summed E-state index contributed by atoms with van der Waals surface area (Å²) in [5.74, 6) is -0.441. The van der Waals surface area contributed by atoms with E-state index < -0.39 is 21.1 Å². The van der Waals surface area contributed by atoms with Crippen molar-refractivity contribution in [3.05, 3.63) is 30.1 Å². The molecule has 0 heterocycles. The largest absolute Gasteiger partial charge is 0.313 e. The predicted molar refractivity (Wildman–Crippen MR) is 80.9 cm³/mol. The standard InChI is InChI=1S/C14H23FN2O2S/c1-5-17(14-8-6-7-13(15)9-14)20(18,19)12(4)10-16-11(2)3/h6-9,11-12,16H,5,10H2,1-4H3. The molecule has 0 aliphatic rings. The third-order valence-corrected chi connectivity index (χ3v) is 5.28. The molecule has 0 saturated carbocycles. The van der Waals surface area contributed by atoms with Crippen molar-refractivity contribution in [3.63, 3.8) is 0 Å². The maximum absolute atomic E-state index is 13.3. The molecule has 0 amide bonds. The monoisotopic (exact) mass is 302 g/mol. The summed E-state index contributed by atoms with van der Waals surface area (Å²) < 4.78 is 39.6. The van der Waals surface area contributed by atoms with E-state index >= 15 is 0 Å². The Morgan fingerprint density at radius 3 is 2.45 bits per heavy atom. The van der Waals surface area contributed by atoms with Gasteiger partial charge in [-0.05, 0) is 32.0 Å². The second kappa shape index (κ2) is 7.04. The van der Waals surface area contributed by atoms with Crippen molar-refractivity contribution in [1.82, 2.24) is 5.32 Å². The highest BCUT2D eigenvalue weighted by molar-refractivity contribution is 7.93. The number of anilines is 1. The van der Waals surface area contributed by atoms with Crippen molar-refractivity contribution >= 4 is 15.7 Å². The zero-order chi connectivity index (χ0) is 15.3. The van der Waals surface area contributed by atoms with E-state index in [2.05, 4.69) is 5.32 Å². The first kappa shape index (κ1) is 16.9. The summed E-state index contributed by atoms with van der Waals surface area (Å²) in [4.78, 5) is 0. The molecule has 1 aromatic carbocycles. The van der Waals surface area contributed by atoms with Gasteiger partial charge in [-0.2, -0.15) is 0 Å². The number of halogens is 1. The number of hydrogen-bond donors (Lipinski definition) is 1. The van der Waals surface area contributed by atoms with E-state index in [1.54, 1.807) is 19.9 Å². The van der Waals surface area contributed by atoms with Crippen molar-refractivity contribution < 1.29 is 12.8 Å². The quantitative estimate of drug-likeness (QED) is 0.841. The van der Waals surface area contributed by atoms with Crippen LogP contribution in [-0.2, 0) is 10.0 Å². The lowest BCUT2D eigenvalue weighted by Gasteiger charge is -2.27. The maximum atomic E-state index is 13.3. The highest BCUT2D eigenvalue weighted by Gasteiger charge is 2.28. The lowest BCUT2D eigenvalue weighted by atomic mass is 10.3. The molecule has 0 fully saturated rings. The van der Waals surface area contributed by atoms with Gasteiger partial charge >= 0.3 is 0 Å². The first-order chi connectivity index (χ1) is 9.28. The second-order valence-electron chi connectivity index (χ2n) is 5.06. The van der Waals surface area contributed by atoms with Crippen LogP contribution in [0.2, 0.25) is 0 Å². The van der Waals surface area contributed by atoms with Gasteiger partial charge in [0.2, 0.25) is 10.0 Å². The van der Waals surface area contributed by atoms with E-state index in [9.17, 15) is 12.8 Å². The van der Waals surface area contributed by atoms with Crippen molar-refractivity contribution in [1.29, 1.82) is 0 Å². The van der Waals surface area contributed by atoms with E-state index in [1.807, 2.05) is 13.8 Å². The smallest absolute Gasteiger partial charge is 0.239 e. The molecule has 1 rings (SSSR count). The normalized spacial score (nSPS) is 13.5. The molecule has 1 N–H and O–H groups in total. The Morgan fingerprint density at radius 1 is 1.30 bits per heavy atom. The van der Waals surface area contributed by atoms with Crippen molar-refractivity contribution in [3.8, 4) is 0 Å². The van der Waals surface area contributed by atoms with Gasteiger partial charge in [-0.25, -0.2) is 12.8 Å². The Hall–Kier alpha value is -1.14. The molecule has 114 valence electrons. The van der Waals surface area contributed by atoms with Crippen LogP contribution >= 0.6 is 0 Å². The molecule has 0 saturated heterocycles. The van der Waals surface area contributed by atoms with Crippen LogP contribution in [0, 0.1) is 5.82 Å². The topological polar surface area (TPSA) is 49.4 Å². The molecule has 1 aromatic rings. The molecule has 1 unspecified atom stereocenters. The van der Waals surface area contributed by atoms with Gasteiger partial charge in [0.05, 0.1) is 10.9 Å². The summed E-state index contributed by atoms with van der Waals surface area (Å²) in [6.45, 7) is 7.97. The summed E-state index contributed by atoms with van der Waals surface area (Å²) in [6.07, 6.45) is 0. The predicted octanol–water partition coefficient (Wildman–Crippen LogP) is 2.37. The zero-order valence-electron chi connectivity index (χ0n) is 12.4. The van der Waals surface area contributed by atoms with Crippen molar-refractivity contribution in [2.24, 2.45) is 0 Å². The van der Waals surface area contributed by atoms with Crippen LogP contribution in [0.15, 0.2) is 24.3 Å². The molecule has 1 atom stereocenters. The minimum atomic E-state index is -3.51. The van der Waals surface area contributed by atoms with E-state index in [0.717, 1.165) is 0 Å². The van der Waals surface area contributed by atoms with Gasteiger partial charge in [-0.15, -0.1) is 0 Å². The lowest BCUT2D eigenvalue weighted by molar-refractivity contribution is 0.547. The Morgan fingerprint density at radius 2 is 1.95 bits per heavy atom. The second-order valence-corrected chi connectivity index (χ2v) is 7.34. The minimum Gasteiger partial charge on any atom is -0.313 e. The van der Waals surface area contributed by atoms with Crippen LogP contribution < -0.4 is 9.62 Å². The number of hydrogen-bond acceptors (Lipinski definition) is 3. The molecule has 0 aliphatic heterocycles. The van der Waals surface area contributed by atoms with Crippen LogP contribution in [0.4, 0.5) is 10.1 Å². The first-order valence-corrected chi connectivity index (χ1v) is 8.29. The summed E-state index contributed by atoms with van der Waals surface area (Å²) in [5, 5.41) is 2.54. The third kappa shape index (κ3) is 4.18. The third-order valence-electron chi connectivity index (χ3n) is 3.01. The lowest BCUT2D eigenvalue weighted by Crippen LogP contribution is -2.43. The summed E-state index contributed by atoms with van der Waals surface area (Å²) in [5.41, 5.74) is 0.365. The molecule has 0 aliphatic carbocycles. The highest BCUT2D eigenvalue weighted by Crippen LogP contribution is 2.21. The van der Waals surface area contributed by atoms with Gasteiger partial charge in [0.1, 0.15) is 5.82 Å². The van der Waals surface area contributed by atoms with Crippen LogP contribution in [0.1, 0.15) is 27.7 Å². The molecule has 0 radical (unpaired) electrons. The molecule has 20 heavy (non-hydrogen) atoms. The van der Waals surface area contributed by atoms with E-state index in [4.69, 9.17) is 0 Å². The number of sulfonamides is 1. The molecule has 6 heteroatoms. The summed E-state index contributed by atoms with van der Waals surface area (Å²) in [7, 11) is -3.51. The zero-order valence-corrected chi connectivity index (χ0v) is 13.2. The van der Waals surface area contributed by atoms with E-state index in [1.165, 1.54) is 22.5 Å².